The molecule has 532 valence electrons. The minimum atomic E-state index is -0.471. The zero-order chi connectivity index (χ0) is 75.0. The second-order valence-electron chi connectivity index (χ2n) is 30.5. The van der Waals surface area contributed by atoms with Gasteiger partial charge < -0.3 is 18.3 Å². The molecular weight excluding hydrogens is 1380 g/mol. The number of hydrogen-bond donors (Lipinski definition) is 0. The van der Waals surface area contributed by atoms with Gasteiger partial charge in [0.15, 0.2) is 0 Å². The Kier molecular flexibility index (Phi) is 14.8. The lowest BCUT2D eigenvalue weighted by atomic mass is 9.67. The Morgan fingerprint density at radius 1 is 0.140 bits per heavy atom. The molecule has 0 radical (unpaired) electrons. The lowest BCUT2D eigenvalue weighted by Crippen LogP contribution is -2.28. The summed E-state index contributed by atoms with van der Waals surface area (Å²) in [6.45, 7) is 0. The predicted molar refractivity (Wildman–Crippen MR) is 476 cm³/mol. The van der Waals surface area contributed by atoms with E-state index in [2.05, 4.69) is 455 Å². The summed E-state index contributed by atoms with van der Waals surface area (Å²) in [5, 5.41) is 10.1. The number of hydrogen-bond acceptors (Lipinski definition) is 0. The van der Waals surface area contributed by atoms with Crippen LogP contribution in [0.25, 0.3) is 154 Å². The Morgan fingerprint density at radius 2 is 0.430 bits per heavy atom. The molecule has 22 aromatic rings. The number of benzene rings is 18. The van der Waals surface area contributed by atoms with Crippen molar-refractivity contribution >= 4 is 87.2 Å². The molecule has 2 aliphatic carbocycles. The maximum atomic E-state index is 2.48. The molecule has 0 aliphatic heterocycles. The maximum absolute atomic E-state index is 2.48. The highest BCUT2D eigenvalue weighted by Crippen LogP contribution is 2.59. The van der Waals surface area contributed by atoms with E-state index in [9.17, 15) is 0 Å². The topological polar surface area (TPSA) is 19.7 Å². The number of nitrogens with zero attached hydrogens (tertiary/aromatic N) is 4. The molecule has 0 bridgehead atoms. The summed E-state index contributed by atoms with van der Waals surface area (Å²) in [4.78, 5) is 0. The van der Waals surface area contributed by atoms with Crippen LogP contribution in [-0.4, -0.2) is 18.3 Å². The second kappa shape index (κ2) is 25.9. The summed E-state index contributed by atoms with van der Waals surface area (Å²) >= 11 is 0. The Bertz CT molecular complexity index is 7400. The highest BCUT2D eigenvalue weighted by atomic mass is 15.0. The fourth-order valence-corrected chi connectivity index (χ4v) is 20.0. The first-order valence-electron chi connectivity index (χ1n) is 39.5. The van der Waals surface area contributed by atoms with Gasteiger partial charge in [-0.15, -0.1) is 0 Å². The normalized spacial score (nSPS) is 13.1. The van der Waals surface area contributed by atoms with Crippen molar-refractivity contribution in [2.45, 2.75) is 10.8 Å². The Hall–Kier alpha value is -14.8. The van der Waals surface area contributed by atoms with Gasteiger partial charge in [-0.1, -0.05) is 334 Å². The van der Waals surface area contributed by atoms with Crippen molar-refractivity contribution in [3.63, 3.8) is 0 Å². The number of para-hydroxylation sites is 6. The van der Waals surface area contributed by atoms with E-state index in [1.807, 2.05) is 0 Å². The van der Waals surface area contributed by atoms with Gasteiger partial charge >= 0.3 is 0 Å². The van der Waals surface area contributed by atoms with Gasteiger partial charge in [-0.25, -0.2) is 0 Å². The molecule has 18 aromatic carbocycles. The summed E-state index contributed by atoms with van der Waals surface area (Å²) in [6, 6.07) is 161. The number of fused-ring (bicyclic) bond motifs is 18. The molecule has 24 rings (SSSR count). The number of aromatic nitrogens is 4. The van der Waals surface area contributed by atoms with Gasteiger partial charge in [-0.2, -0.15) is 0 Å². The monoisotopic (exact) mass is 1450 g/mol. The summed E-state index contributed by atoms with van der Waals surface area (Å²) in [7, 11) is 0. The van der Waals surface area contributed by atoms with Crippen LogP contribution < -0.4 is 0 Å². The Labute approximate surface area is 660 Å². The lowest BCUT2D eigenvalue weighted by molar-refractivity contribution is 0.767. The summed E-state index contributed by atoms with van der Waals surface area (Å²) < 4.78 is 9.72. The first-order chi connectivity index (χ1) is 56.6. The molecule has 2 aliphatic rings. The fourth-order valence-electron chi connectivity index (χ4n) is 20.0. The molecule has 0 saturated carbocycles. The molecule has 4 nitrogen and oxygen atoms in total. The van der Waals surface area contributed by atoms with Crippen molar-refractivity contribution in [2.75, 3.05) is 0 Å². The average Bonchev–Trinajstić information content (AvgIpc) is 1.53. The van der Waals surface area contributed by atoms with E-state index < -0.39 is 10.8 Å². The van der Waals surface area contributed by atoms with Gasteiger partial charge in [-0.05, 0) is 192 Å². The molecule has 0 atom stereocenters. The van der Waals surface area contributed by atoms with Crippen LogP contribution >= 0.6 is 0 Å². The molecule has 0 spiro atoms. The summed E-state index contributed by atoms with van der Waals surface area (Å²) in [5.74, 6) is 0. The van der Waals surface area contributed by atoms with Crippen molar-refractivity contribution in [3.05, 3.63) is 481 Å². The molecule has 0 amide bonds. The zero-order valence-electron chi connectivity index (χ0n) is 62.4. The van der Waals surface area contributed by atoms with E-state index in [4.69, 9.17) is 0 Å². The quantitative estimate of drug-likeness (QED) is 0.130. The van der Waals surface area contributed by atoms with E-state index in [0.29, 0.717) is 0 Å². The van der Waals surface area contributed by atoms with E-state index in [0.717, 1.165) is 22.7 Å². The molecule has 0 saturated heterocycles. The molecule has 0 unspecified atom stereocenters. The van der Waals surface area contributed by atoms with Crippen molar-refractivity contribution in [2.24, 2.45) is 0 Å². The SMILES string of the molecule is c1ccc(C2(c3ccccc3)c3ccccc3-c3ccc(-n4c5ccccc5c5cc(-c6ccc(-n7c8ccccc8c8ccccc87)cc6)ccc54)cc32)cc1.c1ccc(C2(c3ccccc3)c3ccccc3-c3ccc(-n4c5ccccc5c5ccc(-c6cccc(-n7c8ccccc8c8ccccc87)c6)cc54)cc32)cc1. The Morgan fingerprint density at radius 3 is 0.860 bits per heavy atom. The van der Waals surface area contributed by atoms with Crippen LogP contribution in [0.15, 0.2) is 437 Å². The molecular formula is C110H72N4. The lowest BCUT2D eigenvalue weighted by Gasteiger charge is -2.34. The minimum Gasteiger partial charge on any atom is -0.309 e. The predicted octanol–water partition coefficient (Wildman–Crippen LogP) is 27.8. The van der Waals surface area contributed by atoms with Crippen LogP contribution in [0.4, 0.5) is 0 Å². The fraction of sp³-hybridized carbons (Fsp3) is 0.0182. The summed E-state index contributed by atoms with van der Waals surface area (Å²) in [6.07, 6.45) is 0. The van der Waals surface area contributed by atoms with Crippen LogP contribution in [0.5, 0.6) is 0 Å². The molecule has 114 heavy (non-hydrogen) atoms. The third-order valence-electron chi connectivity index (χ3n) is 24.8. The first kappa shape index (κ1) is 65.1. The van der Waals surface area contributed by atoms with Gasteiger partial charge in [0.05, 0.1) is 55.0 Å². The third-order valence-corrected chi connectivity index (χ3v) is 24.8. The van der Waals surface area contributed by atoms with Crippen molar-refractivity contribution in [1.29, 1.82) is 0 Å². The van der Waals surface area contributed by atoms with Gasteiger partial charge in [0.25, 0.3) is 0 Å². The van der Waals surface area contributed by atoms with Crippen LogP contribution in [0.3, 0.4) is 0 Å². The maximum Gasteiger partial charge on any atom is 0.0714 e. The van der Waals surface area contributed by atoms with E-state index in [-0.39, 0.29) is 0 Å². The van der Waals surface area contributed by atoms with Crippen molar-refractivity contribution < 1.29 is 0 Å². The highest BCUT2D eigenvalue weighted by Gasteiger charge is 2.48. The number of rotatable bonds is 10. The van der Waals surface area contributed by atoms with Crippen LogP contribution in [0.2, 0.25) is 0 Å². The van der Waals surface area contributed by atoms with Gasteiger partial charge in [-0.3, -0.25) is 0 Å². The first-order valence-corrected chi connectivity index (χ1v) is 39.5. The van der Waals surface area contributed by atoms with Gasteiger partial charge in [0.1, 0.15) is 0 Å². The zero-order valence-corrected chi connectivity index (χ0v) is 62.4. The minimum absolute atomic E-state index is 0.457. The van der Waals surface area contributed by atoms with E-state index in [1.54, 1.807) is 0 Å². The van der Waals surface area contributed by atoms with Crippen LogP contribution in [0.1, 0.15) is 44.5 Å². The average molecular weight is 1450 g/mol. The molecule has 4 heteroatoms. The molecule has 4 heterocycles. The summed E-state index contributed by atoms with van der Waals surface area (Å²) in [5.41, 5.74) is 33.6. The van der Waals surface area contributed by atoms with Crippen LogP contribution in [0, 0.1) is 0 Å². The molecule has 4 aromatic heterocycles. The standard InChI is InChI=1S/2C55H36N2/c1-3-17-39(18-4-1)55(40-19-5-2-6-20-40)49-26-11-7-22-43(49)44-33-31-42(36-50(44)55)57-53-29-14-10-25-47(53)48-32-30-38(35-54(48)57)37-16-15-21-41(34-37)56-51-27-12-8-23-45(51)46-24-9-13-28-52(46)56;1-3-15-39(16-4-1)55(40-17-5-2-6-18-40)49-23-11-7-19-43(49)44-33-32-42(36-50(44)55)57-53-26-14-10-22-47(53)48-35-38(29-34-54(48)57)37-27-30-41(31-28-37)56-51-24-12-8-20-45(51)46-21-9-13-25-52(46)56/h2*1-36H. The van der Waals surface area contributed by atoms with Crippen LogP contribution in [-0.2, 0) is 10.8 Å². The molecule has 0 fully saturated rings. The van der Waals surface area contributed by atoms with Crippen molar-refractivity contribution in [1.82, 2.24) is 18.3 Å². The third kappa shape index (κ3) is 9.65. The van der Waals surface area contributed by atoms with E-state index >= 15 is 0 Å². The van der Waals surface area contributed by atoms with Crippen molar-refractivity contribution in [3.8, 4) is 67.3 Å². The van der Waals surface area contributed by atoms with E-state index in [1.165, 1.54) is 176 Å². The second-order valence-corrected chi connectivity index (χ2v) is 30.5. The Balaban J connectivity index is 0.000000135. The smallest absolute Gasteiger partial charge is 0.0714 e. The largest absolute Gasteiger partial charge is 0.309 e. The molecule has 0 N–H and O–H groups in total. The van der Waals surface area contributed by atoms with Gasteiger partial charge in [0.2, 0.25) is 0 Å². The highest BCUT2D eigenvalue weighted by molar-refractivity contribution is 6.14. The van der Waals surface area contributed by atoms with Gasteiger partial charge in [0, 0.05) is 65.8 Å².